The molecule has 2 N–H and O–H groups in total. The molecule has 21 heavy (non-hydrogen) atoms. The van der Waals surface area contributed by atoms with Crippen LogP contribution >= 0.6 is 0 Å². The molecule has 0 unspecified atom stereocenters. The van der Waals surface area contributed by atoms with Gasteiger partial charge in [0.1, 0.15) is 0 Å². The predicted octanol–water partition coefficient (Wildman–Crippen LogP) is 4.67. The molecule has 2 aromatic rings. The maximum Gasteiger partial charge on any atom is 0.0158 e. The van der Waals surface area contributed by atoms with Crippen molar-refractivity contribution in [3.8, 4) is 0 Å². The van der Waals surface area contributed by atoms with Crippen LogP contribution in [-0.2, 0) is 6.42 Å². The molecule has 0 bridgehead atoms. The van der Waals surface area contributed by atoms with Crippen LogP contribution < -0.4 is 5.73 Å². The van der Waals surface area contributed by atoms with E-state index in [2.05, 4.69) is 60.7 Å². The van der Waals surface area contributed by atoms with Crippen LogP contribution in [-0.4, -0.2) is 5.54 Å². The molecule has 1 saturated carbocycles. The van der Waals surface area contributed by atoms with E-state index in [4.69, 9.17) is 5.73 Å². The fraction of sp³-hybridized carbons (Fsp3) is 0.400. The van der Waals surface area contributed by atoms with E-state index in [-0.39, 0.29) is 5.54 Å². The smallest absolute Gasteiger partial charge is 0.0158 e. The van der Waals surface area contributed by atoms with E-state index < -0.39 is 0 Å². The van der Waals surface area contributed by atoms with Crippen molar-refractivity contribution in [1.29, 1.82) is 0 Å². The van der Waals surface area contributed by atoms with Crippen molar-refractivity contribution < 1.29 is 0 Å². The Morgan fingerprint density at radius 3 is 2.05 bits per heavy atom. The zero-order valence-corrected chi connectivity index (χ0v) is 12.7. The summed E-state index contributed by atoms with van der Waals surface area (Å²) in [5.74, 6) is 0.708. The summed E-state index contributed by atoms with van der Waals surface area (Å²) in [5, 5.41) is 0. The second-order valence-corrected chi connectivity index (χ2v) is 6.53. The van der Waals surface area contributed by atoms with Gasteiger partial charge in [0.15, 0.2) is 0 Å². The van der Waals surface area contributed by atoms with Crippen LogP contribution in [0.2, 0.25) is 0 Å². The molecule has 1 nitrogen and oxygen atoms in total. The van der Waals surface area contributed by atoms with E-state index in [1.54, 1.807) is 0 Å². The highest BCUT2D eigenvalue weighted by Crippen LogP contribution is 2.38. The second kappa shape index (κ2) is 6.44. The van der Waals surface area contributed by atoms with Crippen LogP contribution in [0.25, 0.3) is 0 Å². The number of hydrogen-bond acceptors (Lipinski definition) is 1. The quantitative estimate of drug-likeness (QED) is 0.864. The van der Waals surface area contributed by atoms with E-state index in [0.29, 0.717) is 5.92 Å². The first-order valence-corrected chi connectivity index (χ1v) is 8.13. The fourth-order valence-electron chi connectivity index (χ4n) is 3.54. The van der Waals surface area contributed by atoms with Gasteiger partial charge in [-0.05, 0) is 55.6 Å². The van der Waals surface area contributed by atoms with Crippen LogP contribution in [0, 0.1) is 0 Å². The number of benzene rings is 2. The molecule has 1 heteroatoms. The summed E-state index contributed by atoms with van der Waals surface area (Å²) >= 11 is 0. The van der Waals surface area contributed by atoms with E-state index in [0.717, 1.165) is 25.7 Å². The van der Waals surface area contributed by atoms with Crippen LogP contribution in [0.3, 0.4) is 0 Å². The van der Waals surface area contributed by atoms with Gasteiger partial charge in [-0.1, -0.05) is 60.7 Å². The summed E-state index contributed by atoms with van der Waals surface area (Å²) in [5.41, 5.74) is 9.59. The predicted molar refractivity (Wildman–Crippen MR) is 89.3 cm³/mol. The van der Waals surface area contributed by atoms with Gasteiger partial charge in [-0.2, -0.15) is 0 Å². The lowest BCUT2D eigenvalue weighted by Crippen LogP contribution is -2.43. The number of aryl methyl sites for hydroxylation is 1. The molecule has 110 valence electrons. The zero-order valence-electron chi connectivity index (χ0n) is 12.7. The first kappa shape index (κ1) is 14.3. The van der Waals surface area contributed by atoms with Gasteiger partial charge in [-0.25, -0.2) is 0 Å². The molecule has 2 aromatic carbocycles. The van der Waals surface area contributed by atoms with Crippen LogP contribution in [0.15, 0.2) is 60.7 Å². The minimum absolute atomic E-state index is 0.0428. The Hall–Kier alpha value is -1.60. The fourth-order valence-corrected chi connectivity index (χ4v) is 3.54. The van der Waals surface area contributed by atoms with Gasteiger partial charge < -0.3 is 5.73 Å². The maximum atomic E-state index is 6.65. The second-order valence-electron chi connectivity index (χ2n) is 6.53. The first-order valence-electron chi connectivity index (χ1n) is 8.13. The molecule has 3 rings (SSSR count). The molecule has 0 aliphatic heterocycles. The Bertz CT molecular complexity index is 539. The van der Waals surface area contributed by atoms with Crippen molar-refractivity contribution in [3.63, 3.8) is 0 Å². The van der Waals surface area contributed by atoms with Crippen LogP contribution in [0.1, 0.15) is 49.1 Å². The molecule has 0 radical (unpaired) electrons. The molecule has 0 aromatic heterocycles. The lowest BCUT2D eigenvalue weighted by Gasteiger charge is -2.37. The third-order valence-electron chi connectivity index (χ3n) is 5.01. The van der Waals surface area contributed by atoms with Crippen LogP contribution in [0.4, 0.5) is 0 Å². The Labute approximate surface area is 128 Å². The molecule has 0 spiro atoms. The van der Waals surface area contributed by atoms with Gasteiger partial charge in [0.2, 0.25) is 0 Å². The standard InChI is InChI=1S/C20H25N/c21-20(14-11-17-7-3-1-4-8-17)15-12-19(13-16-20)18-9-5-2-6-10-18/h1-10,19H,11-16,21H2. The molecule has 0 heterocycles. The summed E-state index contributed by atoms with van der Waals surface area (Å²) < 4.78 is 0. The Morgan fingerprint density at radius 2 is 1.43 bits per heavy atom. The molecule has 0 amide bonds. The third kappa shape index (κ3) is 3.74. The normalized spacial score (nSPS) is 25.7. The molecule has 0 saturated heterocycles. The Balaban J connectivity index is 1.54. The van der Waals surface area contributed by atoms with Gasteiger partial charge in [0, 0.05) is 5.54 Å². The Kier molecular flexibility index (Phi) is 4.40. The van der Waals surface area contributed by atoms with Gasteiger partial charge in [-0.15, -0.1) is 0 Å². The molecule has 0 atom stereocenters. The zero-order chi connectivity index (χ0) is 14.5. The minimum Gasteiger partial charge on any atom is -0.325 e. The molecule has 1 fully saturated rings. The SMILES string of the molecule is NC1(CCc2ccccc2)CCC(c2ccccc2)CC1. The maximum absolute atomic E-state index is 6.65. The van der Waals surface area contributed by atoms with Crippen molar-refractivity contribution in [2.45, 2.75) is 50.0 Å². The molecule has 1 aliphatic rings. The molecular weight excluding hydrogens is 254 g/mol. The molecular formula is C20H25N. The van der Waals surface area contributed by atoms with Gasteiger partial charge in [0.25, 0.3) is 0 Å². The topological polar surface area (TPSA) is 26.0 Å². The van der Waals surface area contributed by atoms with Gasteiger partial charge in [0.05, 0.1) is 0 Å². The number of rotatable bonds is 4. The Morgan fingerprint density at radius 1 is 0.857 bits per heavy atom. The largest absolute Gasteiger partial charge is 0.325 e. The highest BCUT2D eigenvalue weighted by molar-refractivity contribution is 5.21. The van der Waals surface area contributed by atoms with Crippen molar-refractivity contribution in [1.82, 2.24) is 0 Å². The third-order valence-corrected chi connectivity index (χ3v) is 5.01. The first-order chi connectivity index (χ1) is 10.3. The summed E-state index contributed by atoms with van der Waals surface area (Å²) in [6.07, 6.45) is 6.98. The number of nitrogens with two attached hydrogens (primary N) is 1. The average molecular weight is 279 g/mol. The monoisotopic (exact) mass is 279 g/mol. The lowest BCUT2D eigenvalue weighted by atomic mass is 9.72. The molecule has 1 aliphatic carbocycles. The summed E-state index contributed by atoms with van der Waals surface area (Å²) in [6.45, 7) is 0. The van der Waals surface area contributed by atoms with Crippen molar-refractivity contribution in [3.05, 3.63) is 71.8 Å². The summed E-state index contributed by atoms with van der Waals surface area (Å²) in [6, 6.07) is 21.6. The average Bonchev–Trinajstić information content (AvgIpc) is 2.56. The summed E-state index contributed by atoms with van der Waals surface area (Å²) in [4.78, 5) is 0. The van der Waals surface area contributed by atoms with Crippen molar-refractivity contribution >= 4 is 0 Å². The van der Waals surface area contributed by atoms with Crippen LogP contribution in [0.5, 0.6) is 0 Å². The van der Waals surface area contributed by atoms with Gasteiger partial charge >= 0.3 is 0 Å². The van der Waals surface area contributed by atoms with E-state index in [1.807, 2.05) is 0 Å². The number of hydrogen-bond donors (Lipinski definition) is 1. The highest BCUT2D eigenvalue weighted by atomic mass is 14.7. The van der Waals surface area contributed by atoms with Gasteiger partial charge in [-0.3, -0.25) is 0 Å². The van der Waals surface area contributed by atoms with Crippen molar-refractivity contribution in [2.75, 3.05) is 0 Å². The van der Waals surface area contributed by atoms with E-state index in [9.17, 15) is 0 Å². The highest BCUT2D eigenvalue weighted by Gasteiger charge is 2.31. The van der Waals surface area contributed by atoms with E-state index >= 15 is 0 Å². The summed E-state index contributed by atoms with van der Waals surface area (Å²) in [7, 11) is 0. The van der Waals surface area contributed by atoms with Crippen molar-refractivity contribution in [2.24, 2.45) is 5.73 Å². The minimum atomic E-state index is 0.0428. The lowest BCUT2D eigenvalue weighted by molar-refractivity contribution is 0.257. The van der Waals surface area contributed by atoms with E-state index in [1.165, 1.54) is 24.0 Å².